The molecule has 11 heteroatoms. The van der Waals surface area contributed by atoms with Crippen molar-refractivity contribution >= 4 is 28.9 Å². The maximum absolute atomic E-state index is 14.7. The normalized spacial score (nSPS) is 13.9. The second-order valence-electron chi connectivity index (χ2n) is 7.62. The van der Waals surface area contributed by atoms with Crippen molar-refractivity contribution in [3.63, 3.8) is 0 Å². The molecule has 0 saturated carbocycles. The summed E-state index contributed by atoms with van der Waals surface area (Å²) in [4.78, 5) is 21.5. The van der Waals surface area contributed by atoms with E-state index in [9.17, 15) is 22.4 Å². The van der Waals surface area contributed by atoms with Crippen molar-refractivity contribution in [3.8, 4) is 11.3 Å². The summed E-state index contributed by atoms with van der Waals surface area (Å²) in [5.41, 5.74) is -0.769. The Morgan fingerprint density at radius 1 is 1.11 bits per heavy atom. The molecular weight excluding hydrogens is 466 g/mol. The minimum atomic E-state index is -4.84. The number of hydrogen-bond donors (Lipinski definition) is 2. The van der Waals surface area contributed by atoms with Crippen LogP contribution in [0.1, 0.15) is 5.56 Å². The van der Waals surface area contributed by atoms with E-state index >= 15 is 0 Å². The maximum Gasteiger partial charge on any atom is 0.419 e. The zero-order valence-corrected chi connectivity index (χ0v) is 18.4. The van der Waals surface area contributed by atoms with Crippen LogP contribution in [0.15, 0.2) is 61.3 Å². The van der Waals surface area contributed by atoms with Crippen LogP contribution in [0.2, 0.25) is 0 Å². The van der Waals surface area contributed by atoms with Gasteiger partial charge < -0.3 is 20.3 Å². The van der Waals surface area contributed by atoms with Gasteiger partial charge in [0, 0.05) is 41.9 Å². The molecule has 1 saturated heterocycles. The van der Waals surface area contributed by atoms with Gasteiger partial charge in [-0.15, -0.1) is 0 Å². The number of alkyl halides is 3. The highest BCUT2D eigenvalue weighted by atomic mass is 19.4. The Hall–Kier alpha value is -3.99. The summed E-state index contributed by atoms with van der Waals surface area (Å²) < 4.78 is 61.2. The van der Waals surface area contributed by atoms with Crippen LogP contribution in [0.3, 0.4) is 0 Å². The van der Waals surface area contributed by atoms with Gasteiger partial charge in [0.15, 0.2) is 0 Å². The van der Waals surface area contributed by atoms with E-state index in [2.05, 4.69) is 32.1 Å². The topological polar surface area (TPSA) is 79.4 Å². The molecule has 0 bridgehead atoms. The quantitative estimate of drug-likeness (QED) is 0.376. The third-order valence-electron chi connectivity index (χ3n) is 5.25. The first kappa shape index (κ1) is 24.1. The number of hydrogen-bond acceptors (Lipinski definition) is 6. The van der Waals surface area contributed by atoms with E-state index in [-0.39, 0.29) is 11.6 Å². The average Bonchev–Trinajstić information content (AvgIpc) is 2.85. The molecule has 1 amide bonds. The Labute approximate surface area is 198 Å². The van der Waals surface area contributed by atoms with Crippen LogP contribution in [0.5, 0.6) is 0 Å². The van der Waals surface area contributed by atoms with E-state index in [4.69, 9.17) is 4.74 Å². The molecule has 0 atom stereocenters. The van der Waals surface area contributed by atoms with Gasteiger partial charge in [0.1, 0.15) is 11.4 Å². The zero-order valence-electron chi connectivity index (χ0n) is 18.4. The van der Waals surface area contributed by atoms with Gasteiger partial charge in [0.05, 0.1) is 18.9 Å². The second-order valence-corrected chi connectivity index (χ2v) is 7.62. The fraction of sp³-hybridized carbons (Fsp3) is 0.208. The molecule has 2 N–H and O–H groups in total. The Morgan fingerprint density at radius 2 is 1.89 bits per heavy atom. The molecule has 0 radical (unpaired) electrons. The number of benzene rings is 2. The Bertz CT molecular complexity index is 1240. The van der Waals surface area contributed by atoms with E-state index in [0.717, 1.165) is 23.9 Å². The van der Waals surface area contributed by atoms with Crippen LogP contribution in [-0.4, -0.2) is 42.2 Å². The van der Waals surface area contributed by atoms with Crippen molar-refractivity contribution in [3.05, 3.63) is 72.7 Å². The van der Waals surface area contributed by atoms with Gasteiger partial charge in [0.2, 0.25) is 11.9 Å². The molecule has 0 unspecified atom stereocenters. The lowest BCUT2D eigenvalue weighted by Crippen LogP contribution is -2.36. The van der Waals surface area contributed by atoms with E-state index in [0.29, 0.717) is 38.2 Å². The molecule has 1 fully saturated rings. The third-order valence-corrected chi connectivity index (χ3v) is 5.25. The van der Waals surface area contributed by atoms with Crippen LogP contribution >= 0.6 is 0 Å². The Balaban J connectivity index is 1.70. The Kier molecular flexibility index (Phi) is 6.97. The minimum absolute atomic E-state index is 0.0887. The first-order valence-corrected chi connectivity index (χ1v) is 10.6. The monoisotopic (exact) mass is 487 g/mol. The summed E-state index contributed by atoms with van der Waals surface area (Å²) in [5.74, 6) is -1.68. The molecule has 1 aliphatic rings. The van der Waals surface area contributed by atoms with Crippen LogP contribution < -0.4 is 15.5 Å². The molecule has 1 aliphatic heterocycles. The van der Waals surface area contributed by atoms with Crippen molar-refractivity contribution < 1.29 is 27.1 Å². The number of anilines is 4. The molecule has 2 aromatic carbocycles. The highest BCUT2D eigenvalue weighted by molar-refractivity contribution is 5.99. The molecule has 2 heterocycles. The van der Waals surface area contributed by atoms with E-state index < -0.39 is 34.7 Å². The second kappa shape index (κ2) is 10.1. The van der Waals surface area contributed by atoms with Crippen LogP contribution in [0.25, 0.3) is 11.3 Å². The first-order valence-electron chi connectivity index (χ1n) is 10.6. The van der Waals surface area contributed by atoms with Crippen molar-refractivity contribution in [2.75, 3.05) is 41.8 Å². The minimum Gasteiger partial charge on any atom is -0.378 e. The van der Waals surface area contributed by atoms with Crippen molar-refractivity contribution in [2.45, 2.75) is 6.18 Å². The maximum atomic E-state index is 14.7. The summed E-state index contributed by atoms with van der Waals surface area (Å²) in [5, 5.41) is 5.30. The molecule has 0 spiro atoms. The summed E-state index contributed by atoms with van der Waals surface area (Å²) in [6, 6.07) is 10.5. The number of carbonyl (C=O) groups is 1. The number of nitrogens with zero attached hydrogens (tertiary/aromatic N) is 3. The van der Waals surface area contributed by atoms with Crippen LogP contribution in [0.4, 0.5) is 40.6 Å². The van der Waals surface area contributed by atoms with Gasteiger partial charge in [-0.05, 0) is 42.5 Å². The lowest BCUT2D eigenvalue weighted by Gasteiger charge is -2.29. The van der Waals surface area contributed by atoms with E-state index in [1.165, 1.54) is 6.07 Å². The number of aromatic nitrogens is 2. The van der Waals surface area contributed by atoms with Crippen molar-refractivity contribution in [1.82, 2.24) is 9.97 Å². The van der Waals surface area contributed by atoms with Crippen molar-refractivity contribution in [2.24, 2.45) is 0 Å². The fourth-order valence-electron chi connectivity index (χ4n) is 3.56. The highest BCUT2D eigenvalue weighted by Gasteiger charge is 2.36. The number of amides is 1. The van der Waals surface area contributed by atoms with Crippen molar-refractivity contribution in [1.29, 1.82) is 0 Å². The fourth-order valence-corrected chi connectivity index (χ4v) is 3.56. The number of morpholine rings is 1. The Morgan fingerprint density at radius 3 is 2.60 bits per heavy atom. The number of rotatable bonds is 6. The summed E-state index contributed by atoms with van der Waals surface area (Å²) in [7, 11) is 0. The van der Waals surface area contributed by atoms with Gasteiger partial charge in [-0.3, -0.25) is 4.79 Å². The summed E-state index contributed by atoms with van der Waals surface area (Å²) in [6.45, 7) is 5.93. The molecule has 0 aliphatic carbocycles. The molecule has 35 heavy (non-hydrogen) atoms. The summed E-state index contributed by atoms with van der Waals surface area (Å²) in [6.07, 6.45) is -3.25. The van der Waals surface area contributed by atoms with Gasteiger partial charge in [-0.25, -0.2) is 14.4 Å². The lowest BCUT2D eigenvalue weighted by molar-refractivity contribution is -0.137. The molecule has 3 aromatic rings. The predicted molar refractivity (Wildman–Crippen MR) is 124 cm³/mol. The van der Waals surface area contributed by atoms with Gasteiger partial charge in [-0.2, -0.15) is 13.2 Å². The standard InChI is InChI=1S/C24H21F4N5O2/c1-2-21(34)30-16-6-7-20(25)18(13-16)22-19(24(26,27)28)14-29-23(32-22)31-15-4-3-5-17(12-15)33-8-10-35-11-9-33/h2-7,12-14H,1,8-11H2,(H,30,34)(H,29,31,32). The van der Waals surface area contributed by atoms with Gasteiger partial charge >= 0.3 is 6.18 Å². The number of nitrogens with one attached hydrogen (secondary N) is 2. The molecule has 7 nitrogen and oxygen atoms in total. The van der Waals surface area contributed by atoms with Crippen LogP contribution in [-0.2, 0) is 15.7 Å². The predicted octanol–water partition coefficient (Wildman–Crippen LogP) is 5.01. The largest absolute Gasteiger partial charge is 0.419 e. The number of halogens is 4. The van der Waals surface area contributed by atoms with E-state index in [1.807, 2.05) is 12.1 Å². The summed E-state index contributed by atoms with van der Waals surface area (Å²) >= 11 is 0. The van der Waals surface area contributed by atoms with Gasteiger partial charge in [0.25, 0.3) is 0 Å². The molecule has 182 valence electrons. The number of carbonyl (C=O) groups excluding carboxylic acids is 1. The zero-order chi connectivity index (χ0) is 25.0. The lowest BCUT2D eigenvalue weighted by atomic mass is 10.1. The SMILES string of the molecule is C=CC(=O)Nc1ccc(F)c(-c2nc(Nc3cccc(N4CCOCC4)c3)ncc2C(F)(F)F)c1. The number of ether oxygens (including phenoxy) is 1. The average molecular weight is 487 g/mol. The van der Waals surface area contributed by atoms with Crippen LogP contribution in [0, 0.1) is 5.82 Å². The highest BCUT2D eigenvalue weighted by Crippen LogP contribution is 2.38. The third kappa shape index (κ3) is 5.75. The molecular formula is C24H21F4N5O2. The van der Waals surface area contributed by atoms with Gasteiger partial charge in [-0.1, -0.05) is 12.6 Å². The molecule has 1 aromatic heterocycles. The molecule has 4 rings (SSSR count). The van der Waals surface area contributed by atoms with E-state index in [1.54, 1.807) is 12.1 Å². The first-order chi connectivity index (χ1) is 16.7. The smallest absolute Gasteiger partial charge is 0.378 e.